The molecule has 22 heavy (non-hydrogen) atoms. The predicted octanol–water partition coefficient (Wildman–Crippen LogP) is 2.36. The number of nitrogens with one attached hydrogen (secondary N) is 2. The van der Waals surface area contributed by atoms with Gasteiger partial charge in [-0.25, -0.2) is 4.98 Å². The monoisotopic (exact) mass is 298 g/mol. The summed E-state index contributed by atoms with van der Waals surface area (Å²) in [5, 5.41) is 5.36. The van der Waals surface area contributed by atoms with Crippen LogP contribution in [0.15, 0.2) is 42.6 Å². The number of aromatic nitrogens is 1. The zero-order valence-corrected chi connectivity index (χ0v) is 12.8. The maximum Gasteiger partial charge on any atom is 0.255 e. The Balaban J connectivity index is 2.10. The zero-order valence-electron chi connectivity index (χ0n) is 12.8. The van der Waals surface area contributed by atoms with E-state index < -0.39 is 0 Å². The van der Waals surface area contributed by atoms with Crippen LogP contribution in [0.5, 0.6) is 0 Å². The molecule has 0 saturated carbocycles. The minimum absolute atomic E-state index is 0.232. The second-order valence-electron chi connectivity index (χ2n) is 5.01. The van der Waals surface area contributed by atoms with E-state index in [2.05, 4.69) is 15.6 Å². The number of anilines is 3. The maximum atomic E-state index is 12.2. The van der Waals surface area contributed by atoms with Gasteiger partial charge in [0.1, 0.15) is 5.82 Å². The summed E-state index contributed by atoms with van der Waals surface area (Å²) in [6.07, 6.45) is 1.48. The highest BCUT2D eigenvalue weighted by molar-refractivity contribution is 6.05. The number of carbonyl (C=O) groups is 2. The molecule has 0 saturated heterocycles. The standard InChI is InChI=1S/C16H18N4O2/c1-11(21)18-15-10-12(8-9-17-15)16(22)19-13-4-6-14(7-5-13)20(2)3/h4-10H,1-3H3,(H,19,22)(H,17,18,21). The summed E-state index contributed by atoms with van der Waals surface area (Å²) < 4.78 is 0. The van der Waals surface area contributed by atoms with Gasteiger partial charge in [-0.2, -0.15) is 0 Å². The molecule has 2 amide bonds. The van der Waals surface area contributed by atoms with Gasteiger partial charge in [-0.15, -0.1) is 0 Å². The van der Waals surface area contributed by atoms with Gasteiger partial charge in [0.25, 0.3) is 5.91 Å². The highest BCUT2D eigenvalue weighted by Crippen LogP contribution is 2.17. The quantitative estimate of drug-likeness (QED) is 0.908. The smallest absolute Gasteiger partial charge is 0.255 e. The van der Waals surface area contributed by atoms with Crippen LogP contribution in [0.1, 0.15) is 17.3 Å². The second kappa shape index (κ2) is 6.71. The highest BCUT2D eigenvalue weighted by atomic mass is 16.2. The molecule has 6 heteroatoms. The van der Waals surface area contributed by atoms with E-state index in [1.54, 1.807) is 6.07 Å². The number of hydrogen-bond donors (Lipinski definition) is 2. The Labute approximate surface area is 129 Å². The lowest BCUT2D eigenvalue weighted by Gasteiger charge is -2.13. The van der Waals surface area contributed by atoms with Crippen molar-refractivity contribution in [2.75, 3.05) is 29.6 Å². The van der Waals surface area contributed by atoms with Gasteiger partial charge in [0.05, 0.1) is 0 Å². The molecule has 0 spiro atoms. The molecule has 2 N–H and O–H groups in total. The predicted molar refractivity (Wildman–Crippen MR) is 87.3 cm³/mol. The highest BCUT2D eigenvalue weighted by Gasteiger charge is 2.08. The Morgan fingerprint density at radius 2 is 1.73 bits per heavy atom. The van der Waals surface area contributed by atoms with Gasteiger partial charge in [0.2, 0.25) is 5.91 Å². The Hall–Kier alpha value is -2.89. The van der Waals surface area contributed by atoms with Crippen LogP contribution in [0.2, 0.25) is 0 Å². The zero-order chi connectivity index (χ0) is 16.1. The van der Waals surface area contributed by atoms with Crippen molar-refractivity contribution in [2.24, 2.45) is 0 Å². The first-order chi connectivity index (χ1) is 10.5. The molecule has 114 valence electrons. The molecule has 0 aliphatic carbocycles. The largest absolute Gasteiger partial charge is 0.378 e. The van der Waals surface area contributed by atoms with E-state index in [-0.39, 0.29) is 11.8 Å². The molecule has 2 aromatic rings. The van der Waals surface area contributed by atoms with Crippen LogP contribution in [-0.2, 0) is 4.79 Å². The van der Waals surface area contributed by atoms with Gasteiger partial charge in [-0.3, -0.25) is 9.59 Å². The molecule has 0 fully saturated rings. The molecule has 0 unspecified atom stereocenters. The number of benzene rings is 1. The summed E-state index contributed by atoms with van der Waals surface area (Å²) in [4.78, 5) is 29.2. The van der Waals surface area contributed by atoms with Crippen LogP contribution in [-0.4, -0.2) is 30.9 Å². The van der Waals surface area contributed by atoms with E-state index in [4.69, 9.17) is 0 Å². The van der Waals surface area contributed by atoms with Crippen LogP contribution in [0.25, 0.3) is 0 Å². The fourth-order valence-electron chi connectivity index (χ4n) is 1.87. The molecule has 0 bridgehead atoms. The molecule has 1 aromatic heterocycles. The minimum atomic E-state index is -0.258. The van der Waals surface area contributed by atoms with E-state index in [1.807, 2.05) is 43.3 Å². The van der Waals surface area contributed by atoms with E-state index in [1.165, 1.54) is 19.2 Å². The molecule has 6 nitrogen and oxygen atoms in total. The van der Waals surface area contributed by atoms with Crippen LogP contribution in [0.4, 0.5) is 17.2 Å². The average Bonchev–Trinajstić information content (AvgIpc) is 2.47. The number of carbonyl (C=O) groups excluding carboxylic acids is 2. The van der Waals surface area contributed by atoms with E-state index in [0.717, 1.165) is 5.69 Å². The van der Waals surface area contributed by atoms with Crippen LogP contribution in [0.3, 0.4) is 0 Å². The number of rotatable bonds is 4. The fraction of sp³-hybridized carbons (Fsp3) is 0.188. The molecule has 1 heterocycles. The summed E-state index contributed by atoms with van der Waals surface area (Å²) in [6.45, 7) is 1.39. The molecule has 1 aromatic carbocycles. The Morgan fingerprint density at radius 3 is 2.32 bits per heavy atom. The minimum Gasteiger partial charge on any atom is -0.378 e. The topological polar surface area (TPSA) is 74.3 Å². The third-order valence-corrected chi connectivity index (χ3v) is 2.97. The van der Waals surface area contributed by atoms with Crippen molar-refractivity contribution >= 4 is 29.0 Å². The van der Waals surface area contributed by atoms with Crippen molar-refractivity contribution in [2.45, 2.75) is 6.92 Å². The number of amides is 2. The van der Waals surface area contributed by atoms with Gasteiger partial charge in [0, 0.05) is 44.2 Å². The van der Waals surface area contributed by atoms with Gasteiger partial charge < -0.3 is 15.5 Å². The number of nitrogens with zero attached hydrogens (tertiary/aromatic N) is 2. The first kappa shape index (κ1) is 15.5. The molecule has 2 rings (SSSR count). The first-order valence-corrected chi connectivity index (χ1v) is 6.78. The van der Waals surface area contributed by atoms with Gasteiger partial charge in [0.15, 0.2) is 0 Å². The third kappa shape index (κ3) is 4.05. The van der Waals surface area contributed by atoms with Crippen molar-refractivity contribution in [3.8, 4) is 0 Å². The van der Waals surface area contributed by atoms with Crippen LogP contribution < -0.4 is 15.5 Å². The Morgan fingerprint density at radius 1 is 1.05 bits per heavy atom. The normalized spacial score (nSPS) is 9.95. The molecular weight excluding hydrogens is 280 g/mol. The SMILES string of the molecule is CC(=O)Nc1cc(C(=O)Nc2ccc(N(C)C)cc2)ccn1. The van der Waals surface area contributed by atoms with Crippen molar-refractivity contribution in [1.82, 2.24) is 4.98 Å². The average molecular weight is 298 g/mol. The lowest BCUT2D eigenvalue weighted by molar-refractivity contribution is -0.114. The Kier molecular flexibility index (Phi) is 4.73. The Bertz CT molecular complexity index is 681. The van der Waals surface area contributed by atoms with E-state index in [9.17, 15) is 9.59 Å². The van der Waals surface area contributed by atoms with Gasteiger partial charge in [-0.1, -0.05) is 0 Å². The molecule has 0 atom stereocenters. The van der Waals surface area contributed by atoms with E-state index in [0.29, 0.717) is 17.1 Å². The molecule has 0 aliphatic heterocycles. The third-order valence-electron chi connectivity index (χ3n) is 2.97. The summed E-state index contributed by atoms with van der Waals surface area (Å²) in [5.41, 5.74) is 2.18. The summed E-state index contributed by atoms with van der Waals surface area (Å²) in [6, 6.07) is 10.6. The summed E-state index contributed by atoms with van der Waals surface area (Å²) in [7, 11) is 3.90. The molecule has 0 radical (unpaired) electrons. The number of hydrogen-bond acceptors (Lipinski definition) is 4. The van der Waals surface area contributed by atoms with E-state index >= 15 is 0 Å². The van der Waals surface area contributed by atoms with Crippen molar-refractivity contribution in [3.63, 3.8) is 0 Å². The van der Waals surface area contributed by atoms with Crippen molar-refractivity contribution in [1.29, 1.82) is 0 Å². The van der Waals surface area contributed by atoms with Gasteiger partial charge in [-0.05, 0) is 36.4 Å². The summed E-state index contributed by atoms with van der Waals surface area (Å²) >= 11 is 0. The molecular formula is C16H18N4O2. The van der Waals surface area contributed by atoms with Crippen LogP contribution in [0, 0.1) is 0 Å². The van der Waals surface area contributed by atoms with Crippen molar-refractivity contribution < 1.29 is 9.59 Å². The maximum absolute atomic E-state index is 12.2. The second-order valence-corrected chi connectivity index (χ2v) is 5.01. The lowest BCUT2D eigenvalue weighted by Crippen LogP contribution is -2.14. The van der Waals surface area contributed by atoms with Crippen molar-refractivity contribution in [3.05, 3.63) is 48.2 Å². The van der Waals surface area contributed by atoms with Crippen LogP contribution >= 0.6 is 0 Å². The first-order valence-electron chi connectivity index (χ1n) is 6.78. The molecule has 0 aliphatic rings. The summed E-state index contributed by atoms with van der Waals surface area (Å²) in [5.74, 6) is -0.140. The van der Waals surface area contributed by atoms with Gasteiger partial charge >= 0.3 is 0 Å². The fourth-order valence-corrected chi connectivity index (χ4v) is 1.87. The lowest BCUT2D eigenvalue weighted by atomic mass is 10.2. The number of pyridine rings is 1.